The normalized spacial score (nSPS) is 12.1. The molecule has 0 rings (SSSR count). The fourth-order valence-electron chi connectivity index (χ4n) is 5.16. The molecular weight excluding hydrogens is 540 g/mol. The molecule has 0 radical (unpaired) electrons. The smallest absolute Gasteiger partial charge is 0.306 e. The molecule has 0 aromatic carbocycles. The molecule has 43 heavy (non-hydrogen) atoms. The lowest BCUT2D eigenvalue weighted by Crippen LogP contribution is -2.30. The number of esters is 3. The molecule has 1 atom stereocenters. The second-order valence-corrected chi connectivity index (χ2v) is 13.5. The second kappa shape index (κ2) is 30.4. The van der Waals surface area contributed by atoms with Crippen LogP contribution in [-0.4, -0.2) is 37.2 Å². The van der Waals surface area contributed by atoms with Gasteiger partial charge in [0, 0.05) is 19.3 Å². The lowest BCUT2D eigenvalue weighted by molar-refractivity contribution is -0.167. The van der Waals surface area contributed by atoms with Crippen molar-refractivity contribution < 1.29 is 28.6 Å². The molecular formula is C37H70O6. The summed E-state index contributed by atoms with van der Waals surface area (Å²) in [6, 6.07) is 0. The van der Waals surface area contributed by atoms with E-state index in [4.69, 9.17) is 14.2 Å². The van der Waals surface area contributed by atoms with Crippen LogP contribution in [-0.2, 0) is 28.6 Å². The zero-order valence-electron chi connectivity index (χ0n) is 29.1. The van der Waals surface area contributed by atoms with E-state index in [2.05, 4.69) is 34.6 Å². The third-order valence-electron chi connectivity index (χ3n) is 7.97. The molecule has 0 N–H and O–H groups in total. The van der Waals surface area contributed by atoms with Crippen LogP contribution in [0.25, 0.3) is 0 Å². The van der Waals surface area contributed by atoms with Crippen molar-refractivity contribution in [3.8, 4) is 0 Å². The summed E-state index contributed by atoms with van der Waals surface area (Å²) in [6.07, 6.45) is 24.2. The largest absolute Gasteiger partial charge is 0.462 e. The number of hydrogen-bond acceptors (Lipinski definition) is 6. The van der Waals surface area contributed by atoms with E-state index >= 15 is 0 Å². The lowest BCUT2D eigenvalue weighted by Gasteiger charge is -2.18. The van der Waals surface area contributed by atoms with Crippen molar-refractivity contribution in [1.82, 2.24) is 0 Å². The van der Waals surface area contributed by atoms with Gasteiger partial charge in [0.25, 0.3) is 0 Å². The highest BCUT2D eigenvalue weighted by molar-refractivity contribution is 5.71. The average molecular weight is 611 g/mol. The Labute approximate surface area is 266 Å². The number of ether oxygens (including phenoxy) is 3. The molecule has 0 aromatic rings. The van der Waals surface area contributed by atoms with Gasteiger partial charge in [-0.2, -0.15) is 0 Å². The molecule has 0 aliphatic rings. The van der Waals surface area contributed by atoms with Gasteiger partial charge in [0.2, 0.25) is 0 Å². The van der Waals surface area contributed by atoms with Crippen LogP contribution in [0.1, 0.15) is 189 Å². The Morgan fingerprint density at radius 2 is 0.767 bits per heavy atom. The predicted octanol–water partition coefficient (Wildman–Crippen LogP) is 10.7. The maximum Gasteiger partial charge on any atom is 0.306 e. The van der Waals surface area contributed by atoms with Crippen LogP contribution in [0.2, 0.25) is 0 Å². The molecule has 0 aromatic heterocycles. The summed E-state index contributed by atoms with van der Waals surface area (Å²) in [5, 5.41) is 0. The fourth-order valence-corrected chi connectivity index (χ4v) is 5.16. The minimum absolute atomic E-state index is 0.0689. The second-order valence-electron chi connectivity index (χ2n) is 13.5. The van der Waals surface area contributed by atoms with Gasteiger partial charge in [-0.3, -0.25) is 14.4 Å². The van der Waals surface area contributed by atoms with Crippen molar-refractivity contribution in [2.75, 3.05) is 13.2 Å². The van der Waals surface area contributed by atoms with E-state index in [0.29, 0.717) is 19.3 Å². The fraction of sp³-hybridized carbons (Fsp3) is 0.919. The molecule has 0 heterocycles. The zero-order chi connectivity index (χ0) is 32.0. The van der Waals surface area contributed by atoms with Crippen molar-refractivity contribution in [3.05, 3.63) is 0 Å². The average Bonchev–Trinajstić information content (AvgIpc) is 2.96. The van der Waals surface area contributed by atoms with Crippen molar-refractivity contribution in [1.29, 1.82) is 0 Å². The number of unbranched alkanes of at least 4 members (excludes halogenated alkanes) is 16. The van der Waals surface area contributed by atoms with Crippen molar-refractivity contribution >= 4 is 17.9 Å². The highest BCUT2D eigenvalue weighted by Gasteiger charge is 2.19. The van der Waals surface area contributed by atoms with Crippen LogP contribution < -0.4 is 0 Å². The zero-order valence-corrected chi connectivity index (χ0v) is 29.1. The van der Waals surface area contributed by atoms with Crippen molar-refractivity contribution in [2.45, 2.75) is 195 Å². The quantitative estimate of drug-likeness (QED) is 0.0441. The molecule has 0 fully saturated rings. The van der Waals surface area contributed by atoms with Crippen LogP contribution in [0.5, 0.6) is 0 Å². The van der Waals surface area contributed by atoms with Gasteiger partial charge in [-0.05, 0) is 31.1 Å². The van der Waals surface area contributed by atoms with Crippen LogP contribution >= 0.6 is 0 Å². The number of rotatable bonds is 31. The first kappa shape index (κ1) is 41.4. The first-order valence-corrected chi connectivity index (χ1v) is 18.2. The summed E-state index contributed by atoms with van der Waals surface area (Å²) >= 11 is 0. The summed E-state index contributed by atoms with van der Waals surface area (Å²) in [4.78, 5) is 37.1. The number of carbonyl (C=O) groups is 3. The summed E-state index contributed by atoms with van der Waals surface area (Å²) < 4.78 is 16.4. The van der Waals surface area contributed by atoms with Gasteiger partial charge in [0.05, 0.1) is 0 Å². The van der Waals surface area contributed by atoms with Gasteiger partial charge in [-0.1, -0.05) is 150 Å². The van der Waals surface area contributed by atoms with Crippen LogP contribution in [0.3, 0.4) is 0 Å². The topological polar surface area (TPSA) is 78.9 Å². The predicted molar refractivity (Wildman–Crippen MR) is 178 cm³/mol. The van der Waals surface area contributed by atoms with Gasteiger partial charge in [0.1, 0.15) is 13.2 Å². The summed E-state index contributed by atoms with van der Waals surface area (Å²) in [7, 11) is 0. The van der Waals surface area contributed by atoms with E-state index in [9.17, 15) is 14.4 Å². The third-order valence-corrected chi connectivity index (χ3v) is 7.97. The van der Waals surface area contributed by atoms with E-state index in [-0.39, 0.29) is 31.1 Å². The molecule has 0 aliphatic carbocycles. The van der Waals surface area contributed by atoms with Crippen LogP contribution in [0.4, 0.5) is 0 Å². The van der Waals surface area contributed by atoms with Gasteiger partial charge >= 0.3 is 17.9 Å². The third kappa shape index (κ3) is 31.6. The molecule has 0 saturated carbocycles. The van der Waals surface area contributed by atoms with E-state index < -0.39 is 6.10 Å². The molecule has 0 spiro atoms. The highest BCUT2D eigenvalue weighted by atomic mass is 16.6. The minimum Gasteiger partial charge on any atom is -0.462 e. The first-order chi connectivity index (χ1) is 20.7. The monoisotopic (exact) mass is 611 g/mol. The van der Waals surface area contributed by atoms with Crippen LogP contribution in [0.15, 0.2) is 0 Å². The number of carbonyl (C=O) groups excluding carboxylic acids is 3. The Hall–Kier alpha value is -1.59. The van der Waals surface area contributed by atoms with Gasteiger partial charge < -0.3 is 14.2 Å². The Balaban J connectivity index is 4.31. The Morgan fingerprint density at radius 1 is 0.442 bits per heavy atom. The molecule has 6 nitrogen and oxygen atoms in total. The molecule has 6 heteroatoms. The first-order valence-electron chi connectivity index (χ1n) is 18.2. The lowest BCUT2D eigenvalue weighted by atomic mass is 10.0. The van der Waals surface area contributed by atoms with Crippen molar-refractivity contribution in [2.24, 2.45) is 11.8 Å². The Kier molecular flexibility index (Phi) is 29.3. The Morgan fingerprint density at radius 3 is 1.14 bits per heavy atom. The highest BCUT2D eigenvalue weighted by Crippen LogP contribution is 2.15. The van der Waals surface area contributed by atoms with Gasteiger partial charge in [-0.15, -0.1) is 0 Å². The van der Waals surface area contributed by atoms with E-state index in [1.54, 1.807) is 0 Å². The molecule has 0 amide bonds. The standard InChI is InChI=1S/C37H70O6/c1-6-7-8-15-22-27-35(38)41-30-34(43-37(40)29-24-19-14-13-17-21-26-33(4)5)31-42-36(39)28-23-18-12-10-9-11-16-20-25-32(2)3/h32-34H,6-31H2,1-5H3/t34-/m1/s1. The maximum atomic E-state index is 12.5. The SMILES string of the molecule is CCCCCCCC(=O)OC[C@H](COC(=O)CCCCCCCCCCC(C)C)OC(=O)CCCCCCCCC(C)C. The molecule has 0 saturated heterocycles. The van der Waals surface area contributed by atoms with Gasteiger partial charge in [-0.25, -0.2) is 0 Å². The van der Waals surface area contributed by atoms with Gasteiger partial charge in [0.15, 0.2) is 6.10 Å². The van der Waals surface area contributed by atoms with E-state index in [1.165, 1.54) is 70.6 Å². The minimum atomic E-state index is -0.757. The molecule has 0 bridgehead atoms. The molecule has 0 unspecified atom stereocenters. The Bertz CT molecular complexity index is 659. The van der Waals surface area contributed by atoms with E-state index in [0.717, 1.165) is 76.0 Å². The van der Waals surface area contributed by atoms with Crippen LogP contribution in [0, 0.1) is 11.8 Å². The van der Waals surface area contributed by atoms with Crippen molar-refractivity contribution in [3.63, 3.8) is 0 Å². The molecule has 0 aliphatic heterocycles. The summed E-state index contributed by atoms with van der Waals surface area (Å²) in [5.41, 5.74) is 0. The van der Waals surface area contributed by atoms with E-state index in [1.807, 2.05) is 0 Å². The summed E-state index contributed by atoms with van der Waals surface area (Å²) in [6.45, 7) is 11.1. The summed E-state index contributed by atoms with van der Waals surface area (Å²) in [5.74, 6) is 0.665. The maximum absolute atomic E-state index is 12.5. The molecule has 254 valence electrons. The number of hydrogen-bond donors (Lipinski definition) is 0.